The second-order valence-corrected chi connectivity index (χ2v) is 5.15. The molecule has 0 atom stereocenters. The summed E-state index contributed by atoms with van der Waals surface area (Å²) < 4.78 is 5.01. The molecule has 1 amide bonds. The Morgan fingerprint density at radius 3 is 2.61 bits per heavy atom. The largest absolute Gasteiger partial charge is 0.347 e. The van der Waals surface area contributed by atoms with Crippen molar-refractivity contribution in [1.82, 2.24) is 20.4 Å². The summed E-state index contributed by atoms with van der Waals surface area (Å²) in [5.74, 6) is -0.0401. The highest BCUT2D eigenvalue weighted by Gasteiger charge is 2.15. The van der Waals surface area contributed by atoms with E-state index in [9.17, 15) is 4.79 Å². The van der Waals surface area contributed by atoms with Crippen LogP contribution in [0, 0.1) is 6.92 Å². The fraction of sp³-hybridized carbons (Fsp3) is 0.176. The molecule has 3 rings (SSSR count). The van der Waals surface area contributed by atoms with Crippen molar-refractivity contribution in [1.29, 1.82) is 0 Å². The molecule has 23 heavy (non-hydrogen) atoms. The van der Waals surface area contributed by atoms with Crippen LogP contribution in [0.25, 0.3) is 11.4 Å². The maximum atomic E-state index is 12.0. The van der Waals surface area contributed by atoms with Gasteiger partial charge >= 0.3 is 11.8 Å². The monoisotopic (exact) mass is 308 g/mol. The van der Waals surface area contributed by atoms with Crippen LogP contribution in [0.4, 0.5) is 0 Å². The van der Waals surface area contributed by atoms with Gasteiger partial charge in [-0.05, 0) is 31.0 Å². The summed E-state index contributed by atoms with van der Waals surface area (Å²) in [5, 5.41) is 6.59. The number of rotatable bonds is 5. The van der Waals surface area contributed by atoms with Gasteiger partial charge in [0.25, 0.3) is 0 Å². The minimum atomic E-state index is -0.370. The van der Waals surface area contributed by atoms with Gasteiger partial charge in [0.1, 0.15) is 0 Å². The predicted molar refractivity (Wildman–Crippen MR) is 84.7 cm³/mol. The van der Waals surface area contributed by atoms with Crippen LogP contribution in [-0.4, -0.2) is 27.6 Å². The van der Waals surface area contributed by atoms with Crippen molar-refractivity contribution in [3.63, 3.8) is 0 Å². The van der Waals surface area contributed by atoms with Crippen LogP contribution in [0.3, 0.4) is 0 Å². The van der Waals surface area contributed by atoms with Crippen molar-refractivity contribution in [3.05, 3.63) is 65.8 Å². The molecule has 0 unspecified atom stereocenters. The molecule has 116 valence electrons. The molecule has 6 heteroatoms. The third-order valence-electron chi connectivity index (χ3n) is 3.38. The van der Waals surface area contributed by atoms with Gasteiger partial charge in [-0.3, -0.25) is 9.78 Å². The molecule has 0 radical (unpaired) electrons. The number of carbonyl (C=O) groups is 1. The molecule has 2 aromatic heterocycles. The molecule has 0 bridgehead atoms. The lowest BCUT2D eigenvalue weighted by Crippen LogP contribution is -2.26. The number of aryl methyl sites for hydroxylation is 1. The summed E-state index contributed by atoms with van der Waals surface area (Å²) in [4.78, 5) is 20.0. The average molecular weight is 308 g/mol. The van der Waals surface area contributed by atoms with E-state index in [-0.39, 0.29) is 11.8 Å². The van der Waals surface area contributed by atoms with Crippen molar-refractivity contribution in [2.75, 3.05) is 6.54 Å². The Labute approximate surface area is 133 Å². The number of amides is 1. The lowest BCUT2D eigenvalue weighted by Gasteiger charge is -2.03. The lowest BCUT2D eigenvalue weighted by atomic mass is 10.1. The fourth-order valence-electron chi connectivity index (χ4n) is 2.08. The molecular weight excluding hydrogens is 292 g/mol. The number of carbonyl (C=O) groups excluding carboxylic acids is 1. The number of hydrogen-bond acceptors (Lipinski definition) is 5. The quantitative estimate of drug-likeness (QED) is 0.783. The molecule has 1 aromatic carbocycles. The first kappa shape index (κ1) is 14.9. The Morgan fingerprint density at radius 1 is 1.13 bits per heavy atom. The molecule has 2 heterocycles. The van der Waals surface area contributed by atoms with E-state index < -0.39 is 0 Å². The summed E-state index contributed by atoms with van der Waals surface area (Å²) >= 11 is 0. The van der Waals surface area contributed by atoms with Crippen molar-refractivity contribution < 1.29 is 9.32 Å². The van der Waals surface area contributed by atoms with Crippen LogP contribution < -0.4 is 5.32 Å². The zero-order valence-corrected chi connectivity index (χ0v) is 12.7. The first-order chi connectivity index (χ1) is 11.2. The number of benzene rings is 1. The summed E-state index contributed by atoms with van der Waals surface area (Å²) in [5.41, 5.74) is 3.13. The van der Waals surface area contributed by atoms with Crippen LogP contribution in [0.2, 0.25) is 0 Å². The average Bonchev–Trinajstić information content (AvgIpc) is 3.07. The van der Waals surface area contributed by atoms with Gasteiger partial charge in [-0.25, -0.2) is 0 Å². The summed E-state index contributed by atoms with van der Waals surface area (Å²) in [6.07, 6.45) is 4.01. The third kappa shape index (κ3) is 3.79. The summed E-state index contributed by atoms with van der Waals surface area (Å²) in [7, 11) is 0. The number of nitrogens with zero attached hydrogens (tertiary/aromatic N) is 3. The smallest absolute Gasteiger partial charge is 0.316 e. The Hall–Kier alpha value is -3.02. The Kier molecular flexibility index (Phi) is 4.42. The fourth-order valence-corrected chi connectivity index (χ4v) is 2.08. The number of nitrogens with one attached hydrogen (secondary N) is 1. The second-order valence-electron chi connectivity index (χ2n) is 5.15. The van der Waals surface area contributed by atoms with E-state index in [1.165, 1.54) is 11.1 Å². The Bertz CT molecular complexity index is 782. The van der Waals surface area contributed by atoms with Gasteiger partial charge in [0.2, 0.25) is 5.82 Å². The summed E-state index contributed by atoms with van der Waals surface area (Å²) in [6, 6.07) is 11.7. The normalized spacial score (nSPS) is 10.5. The van der Waals surface area contributed by atoms with Crippen LogP contribution in [-0.2, 0) is 6.42 Å². The topological polar surface area (TPSA) is 80.9 Å². The molecular formula is C17H16N4O2. The summed E-state index contributed by atoms with van der Waals surface area (Å²) in [6.45, 7) is 2.55. The molecule has 1 N–H and O–H groups in total. The van der Waals surface area contributed by atoms with E-state index in [4.69, 9.17) is 4.52 Å². The van der Waals surface area contributed by atoms with Crippen LogP contribution in [0.1, 0.15) is 21.8 Å². The molecule has 0 saturated heterocycles. The number of aromatic nitrogens is 3. The van der Waals surface area contributed by atoms with Crippen LogP contribution >= 0.6 is 0 Å². The standard InChI is InChI=1S/C17H16N4O2/c1-12-2-4-13(5-3-12)6-11-19-16(22)17-20-15(21-23-17)14-7-9-18-10-8-14/h2-5,7-10H,6,11H2,1H3,(H,19,22). The van der Waals surface area contributed by atoms with E-state index in [1.807, 2.05) is 6.92 Å². The predicted octanol–water partition coefficient (Wildman–Crippen LogP) is 2.41. The van der Waals surface area contributed by atoms with Gasteiger partial charge in [0.15, 0.2) is 0 Å². The number of pyridine rings is 1. The molecule has 0 aliphatic rings. The third-order valence-corrected chi connectivity index (χ3v) is 3.38. The minimum absolute atomic E-state index is 0.0410. The molecule has 0 aliphatic carbocycles. The van der Waals surface area contributed by atoms with E-state index in [0.717, 1.165) is 12.0 Å². The first-order valence-electron chi connectivity index (χ1n) is 7.30. The second kappa shape index (κ2) is 6.83. The molecule has 0 fully saturated rings. The highest BCUT2D eigenvalue weighted by atomic mass is 16.5. The zero-order valence-electron chi connectivity index (χ0n) is 12.7. The lowest BCUT2D eigenvalue weighted by molar-refractivity contribution is 0.0910. The molecule has 0 aliphatic heterocycles. The minimum Gasteiger partial charge on any atom is -0.347 e. The van der Waals surface area contributed by atoms with Gasteiger partial charge in [-0.2, -0.15) is 4.98 Å². The van der Waals surface area contributed by atoms with Gasteiger partial charge in [0.05, 0.1) is 0 Å². The van der Waals surface area contributed by atoms with Gasteiger partial charge in [-0.1, -0.05) is 35.0 Å². The van der Waals surface area contributed by atoms with Gasteiger partial charge in [0, 0.05) is 24.5 Å². The van der Waals surface area contributed by atoms with Crippen molar-refractivity contribution >= 4 is 5.91 Å². The van der Waals surface area contributed by atoms with E-state index in [2.05, 4.69) is 44.7 Å². The molecule has 0 spiro atoms. The SMILES string of the molecule is Cc1ccc(CCNC(=O)c2nc(-c3ccncc3)no2)cc1. The Morgan fingerprint density at radius 2 is 1.87 bits per heavy atom. The van der Waals surface area contributed by atoms with Gasteiger partial charge in [-0.15, -0.1) is 0 Å². The first-order valence-corrected chi connectivity index (χ1v) is 7.30. The Balaban J connectivity index is 1.56. The van der Waals surface area contributed by atoms with Crippen molar-refractivity contribution in [3.8, 4) is 11.4 Å². The van der Waals surface area contributed by atoms with Crippen LogP contribution in [0.5, 0.6) is 0 Å². The maximum absolute atomic E-state index is 12.0. The number of hydrogen-bond donors (Lipinski definition) is 1. The highest BCUT2D eigenvalue weighted by Crippen LogP contribution is 2.13. The van der Waals surface area contributed by atoms with Crippen molar-refractivity contribution in [2.24, 2.45) is 0 Å². The molecule has 3 aromatic rings. The molecule has 0 saturated carbocycles. The highest BCUT2D eigenvalue weighted by molar-refractivity contribution is 5.89. The van der Waals surface area contributed by atoms with E-state index in [1.54, 1.807) is 24.5 Å². The maximum Gasteiger partial charge on any atom is 0.316 e. The van der Waals surface area contributed by atoms with Crippen molar-refractivity contribution in [2.45, 2.75) is 13.3 Å². The van der Waals surface area contributed by atoms with Crippen LogP contribution in [0.15, 0.2) is 53.3 Å². The van der Waals surface area contributed by atoms with Gasteiger partial charge < -0.3 is 9.84 Å². The zero-order chi connectivity index (χ0) is 16.1. The van der Waals surface area contributed by atoms with E-state index in [0.29, 0.717) is 12.4 Å². The molecule has 6 nitrogen and oxygen atoms in total. The van der Waals surface area contributed by atoms with E-state index >= 15 is 0 Å².